The molecule has 0 saturated carbocycles. The first-order valence-electron chi connectivity index (χ1n) is 8.32. The lowest BCUT2D eigenvalue weighted by Crippen LogP contribution is -2.27. The third-order valence-electron chi connectivity index (χ3n) is 4.76. The fraction of sp³-hybridized carbons (Fsp3) is 0.136. The van der Waals surface area contributed by atoms with E-state index in [1.807, 2.05) is 42.5 Å². The summed E-state index contributed by atoms with van der Waals surface area (Å²) in [6, 6.07) is 28.4. The van der Waals surface area contributed by atoms with E-state index in [0.29, 0.717) is 11.5 Å². The molecular weight excluding hydrogens is 294 g/mol. The molecule has 0 fully saturated rings. The number of benzene rings is 3. The molecule has 2 atom stereocenters. The van der Waals surface area contributed by atoms with Gasteiger partial charge in [0, 0.05) is 11.5 Å². The summed E-state index contributed by atoms with van der Waals surface area (Å²) < 4.78 is 0. The molecule has 0 radical (unpaired) electrons. The van der Waals surface area contributed by atoms with Crippen LogP contribution in [0.15, 0.2) is 84.9 Å². The molecule has 0 bridgehead atoms. The second-order valence-corrected chi connectivity index (χ2v) is 6.22. The molecule has 3 aromatic rings. The zero-order chi connectivity index (χ0) is 16.4. The molecule has 3 aromatic carbocycles. The highest BCUT2D eigenvalue weighted by molar-refractivity contribution is 5.94. The normalized spacial score (nSPS) is 18.8. The van der Waals surface area contributed by atoms with E-state index < -0.39 is 0 Å². The van der Waals surface area contributed by atoms with Gasteiger partial charge in [-0.1, -0.05) is 72.8 Å². The van der Waals surface area contributed by atoms with Gasteiger partial charge in [-0.05, 0) is 35.2 Å². The number of fused-ring (bicyclic) bond motifs is 1. The van der Waals surface area contributed by atoms with Crippen LogP contribution in [-0.4, -0.2) is 5.91 Å². The Hall–Kier alpha value is -2.87. The molecule has 24 heavy (non-hydrogen) atoms. The van der Waals surface area contributed by atoms with Crippen LogP contribution in [0.1, 0.15) is 45.4 Å². The van der Waals surface area contributed by atoms with E-state index >= 15 is 0 Å². The highest BCUT2D eigenvalue weighted by Crippen LogP contribution is 2.43. The summed E-state index contributed by atoms with van der Waals surface area (Å²) in [5.74, 6) is 0.326. The van der Waals surface area contributed by atoms with Crippen LogP contribution in [-0.2, 0) is 0 Å². The predicted molar refractivity (Wildman–Crippen MR) is 96.0 cm³/mol. The molecule has 1 N–H and O–H groups in total. The first-order chi connectivity index (χ1) is 11.8. The van der Waals surface area contributed by atoms with Crippen LogP contribution in [0.2, 0.25) is 0 Å². The van der Waals surface area contributed by atoms with E-state index in [9.17, 15) is 4.79 Å². The zero-order valence-corrected chi connectivity index (χ0v) is 13.4. The van der Waals surface area contributed by atoms with Gasteiger partial charge in [-0.15, -0.1) is 0 Å². The van der Waals surface area contributed by atoms with Gasteiger partial charge in [0.2, 0.25) is 0 Å². The van der Waals surface area contributed by atoms with Crippen LogP contribution < -0.4 is 5.32 Å². The number of rotatable bonds is 3. The van der Waals surface area contributed by atoms with Crippen LogP contribution in [0.4, 0.5) is 0 Å². The number of carbonyl (C=O) groups excluding carboxylic acids is 1. The van der Waals surface area contributed by atoms with Gasteiger partial charge in [-0.25, -0.2) is 0 Å². The Labute approximate surface area is 142 Å². The standard InChI is InChI=1S/C22H19NO/c24-22(17-11-5-2-6-12-17)23-21-15-20(16-9-3-1-4-10-16)18-13-7-8-14-19(18)21/h1-14,20-21H,15H2,(H,23,24)/t20-,21+/m0/s1. The van der Waals surface area contributed by atoms with Crippen LogP contribution in [0.3, 0.4) is 0 Å². The summed E-state index contributed by atoms with van der Waals surface area (Å²) >= 11 is 0. The maximum Gasteiger partial charge on any atom is 0.251 e. The van der Waals surface area contributed by atoms with Crippen molar-refractivity contribution in [3.05, 3.63) is 107 Å². The molecule has 4 rings (SSSR count). The van der Waals surface area contributed by atoms with Gasteiger partial charge < -0.3 is 5.32 Å². The summed E-state index contributed by atoms with van der Waals surface area (Å²) in [4.78, 5) is 12.5. The van der Waals surface area contributed by atoms with Crippen LogP contribution in [0.5, 0.6) is 0 Å². The van der Waals surface area contributed by atoms with Crippen molar-refractivity contribution in [1.82, 2.24) is 5.32 Å². The second-order valence-electron chi connectivity index (χ2n) is 6.22. The molecule has 0 aliphatic heterocycles. The largest absolute Gasteiger partial charge is 0.345 e. The van der Waals surface area contributed by atoms with E-state index in [1.165, 1.54) is 16.7 Å². The van der Waals surface area contributed by atoms with Crippen molar-refractivity contribution in [1.29, 1.82) is 0 Å². The Balaban J connectivity index is 1.63. The Bertz CT molecular complexity index is 842. The van der Waals surface area contributed by atoms with Crippen LogP contribution in [0, 0.1) is 0 Å². The molecule has 0 saturated heterocycles. The summed E-state index contributed by atoms with van der Waals surface area (Å²) in [6.45, 7) is 0. The Morgan fingerprint density at radius 3 is 2.04 bits per heavy atom. The fourth-order valence-corrected chi connectivity index (χ4v) is 3.60. The van der Waals surface area contributed by atoms with Crippen molar-refractivity contribution in [3.8, 4) is 0 Å². The van der Waals surface area contributed by atoms with E-state index in [-0.39, 0.29) is 11.9 Å². The van der Waals surface area contributed by atoms with E-state index in [1.54, 1.807) is 0 Å². The van der Waals surface area contributed by atoms with Crippen molar-refractivity contribution in [2.45, 2.75) is 18.4 Å². The van der Waals surface area contributed by atoms with Gasteiger partial charge >= 0.3 is 0 Å². The second kappa shape index (κ2) is 6.32. The van der Waals surface area contributed by atoms with Crippen molar-refractivity contribution < 1.29 is 4.79 Å². The van der Waals surface area contributed by atoms with E-state index in [4.69, 9.17) is 0 Å². The van der Waals surface area contributed by atoms with E-state index in [0.717, 1.165) is 6.42 Å². The maximum absolute atomic E-state index is 12.5. The van der Waals surface area contributed by atoms with Crippen molar-refractivity contribution in [2.75, 3.05) is 0 Å². The molecule has 0 unspecified atom stereocenters. The smallest absolute Gasteiger partial charge is 0.251 e. The molecule has 0 aromatic heterocycles. The molecule has 2 heteroatoms. The molecule has 0 heterocycles. The topological polar surface area (TPSA) is 29.1 Å². The Morgan fingerprint density at radius 1 is 0.750 bits per heavy atom. The molecule has 118 valence electrons. The van der Waals surface area contributed by atoms with Crippen molar-refractivity contribution in [2.24, 2.45) is 0 Å². The van der Waals surface area contributed by atoms with E-state index in [2.05, 4.69) is 47.8 Å². The molecular formula is C22H19NO. The molecule has 0 spiro atoms. The minimum absolute atomic E-state index is 0.0101. The summed E-state index contributed by atoms with van der Waals surface area (Å²) in [6.07, 6.45) is 0.905. The molecule has 1 amide bonds. The third-order valence-corrected chi connectivity index (χ3v) is 4.76. The van der Waals surface area contributed by atoms with Gasteiger partial charge in [0.15, 0.2) is 0 Å². The number of carbonyl (C=O) groups is 1. The third kappa shape index (κ3) is 2.71. The van der Waals surface area contributed by atoms with Gasteiger partial charge in [-0.2, -0.15) is 0 Å². The molecule has 1 aliphatic carbocycles. The lowest BCUT2D eigenvalue weighted by atomic mass is 9.93. The van der Waals surface area contributed by atoms with Crippen molar-refractivity contribution >= 4 is 5.91 Å². The average Bonchev–Trinajstić information content (AvgIpc) is 3.02. The summed E-state index contributed by atoms with van der Waals surface area (Å²) in [7, 11) is 0. The minimum atomic E-state index is -0.0101. The maximum atomic E-state index is 12.5. The van der Waals surface area contributed by atoms with Crippen LogP contribution in [0.25, 0.3) is 0 Å². The molecule has 1 aliphatic rings. The lowest BCUT2D eigenvalue weighted by molar-refractivity contribution is 0.0936. The van der Waals surface area contributed by atoms with Gasteiger partial charge in [0.1, 0.15) is 0 Å². The number of hydrogen-bond donors (Lipinski definition) is 1. The highest BCUT2D eigenvalue weighted by atomic mass is 16.1. The average molecular weight is 313 g/mol. The number of amides is 1. The first kappa shape index (κ1) is 14.7. The highest BCUT2D eigenvalue weighted by Gasteiger charge is 2.32. The zero-order valence-electron chi connectivity index (χ0n) is 13.4. The van der Waals surface area contributed by atoms with Gasteiger partial charge in [0.05, 0.1) is 6.04 Å². The lowest BCUT2D eigenvalue weighted by Gasteiger charge is -2.15. The fourth-order valence-electron chi connectivity index (χ4n) is 3.60. The molecule has 2 nitrogen and oxygen atoms in total. The summed E-state index contributed by atoms with van der Waals surface area (Å²) in [5.41, 5.74) is 4.57. The predicted octanol–water partition coefficient (Wildman–Crippen LogP) is 4.69. The quantitative estimate of drug-likeness (QED) is 0.746. The monoisotopic (exact) mass is 313 g/mol. The SMILES string of the molecule is O=C(N[C@@H]1C[C@@H](c2ccccc2)c2ccccc21)c1ccccc1. The van der Waals surface area contributed by atoms with Gasteiger partial charge in [0.25, 0.3) is 5.91 Å². The Morgan fingerprint density at radius 2 is 1.33 bits per heavy atom. The minimum Gasteiger partial charge on any atom is -0.345 e. The van der Waals surface area contributed by atoms with Crippen molar-refractivity contribution in [3.63, 3.8) is 0 Å². The Kier molecular flexibility index (Phi) is 3.87. The van der Waals surface area contributed by atoms with Crippen LogP contribution >= 0.6 is 0 Å². The first-order valence-corrected chi connectivity index (χ1v) is 8.32. The van der Waals surface area contributed by atoms with Gasteiger partial charge in [-0.3, -0.25) is 4.79 Å². The number of hydrogen-bond acceptors (Lipinski definition) is 1. The summed E-state index contributed by atoms with van der Waals surface area (Å²) in [5, 5.41) is 3.21. The number of nitrogens with one attached hydrogen (secondary N) is 1.